The second-order valence-corrected chi connectivity index (χ2v) is 3.18. The summed E-state index contributed by atoms with van der Waals surface area (Å²) in [6.07, 6.45) is 0.795. The van der Waals surface area contributed by atoms with Gasteiger partial charge in [0.25, 0.3) is 0 Å². The number of carbonyl (C=O) groups excluding carboxylic acids is 1. The Balaban J connectivity index is 2.39. The predicted molar refractivity (Wildman–Crippen MR) is 58.2 cm³/mol. The van der Waals surface area contributed by atoms with Crippen molar-refractivity contribution in [3.8, 4) is 17.0 Å². The number of ether oxygens (including phenoxy) is 1. The standard InChI is InChI=1S/C12H11NO2/c1-15-11-4-2-3-9(7-11)12-6-5-10(8-14)13-12/h2-8,13H,1H3. The summed E-state index contributed by atoms with van der Waals surface area (Å²) < 4.78 is 5.13. The molecule has 1 aromatic carbocycles. The van der Waals surface area contributed by atoms with Gasteiger partial charge in [-0.2, -0.15) is 0 Å². The molecular formula is C12H11NO2. The number of aromatic nitrogens is 1. The van der Waals surface area contributed by atoms with Gasteiger partial charge in [0.2, 0.25) is 0 Å². The normalized spacial score (nSPS) is 9.93. The lowest BCUT2D eigenvalue weighted by Gasteiger charge is -2.02. The number of aromatic amines is 1. The second-order valence-electron chi connectivity index (χ2n) is 3.18. The molecule has 76 valence electrons. The van der Waals surface area contributed by atoms with Gasteiger partial charge < -0.3 is 9.72 Å². The van der Waals surface area contributed by atoms with Crippen LogP contribution >= 0.6 is 0 Å². The molecule has 0 saturated heterocycles. The van der Waals surface area contributed by atoms with Crippen LogP contribution in [0.5, 0.6) is 5.75 Å². The first-order chi connectivity index (χ1) is 7.33. The quantitative estimate of drug-likeness (QED) is 0.775. The van der Waals surface area contributed by atoms with Crippen LogP contribution in [0.3, 0.4) is 0 Å². The van der Waals surface area contributed by atoms with Gasteiger partial charge in [-0.1, -0.05) is 12.1 Å². The summed E-state index contributed by atoms with van der Waals surface area (Å²) in [5.41, 5.74) is 2.49. The van der Waals surface area contributed by atoms with E-state index in [1.165, 1.54) is 0 Å². The van der Waals surface area contributed by atoms with E-state index in [0.717, 1.165) is 23.3 Å². The van der Waals surface area contributed by atoms with Crippen molar-refractivity contribution in [2.24, 2.45) is 0 Å². The summed E-state index contributed by atoms with van der Waals surface area (Å²) in [6, 6.07) is 11.3. The van der Waals surface area contributed by atoms with Crippen molar-refractivity contribution in [3.05, 3.63) is 42.1 Å². The Kier molecular flexibility index (Phi) is 2.54. The van der Waals surface area contributed by atoms with Crippen LogP contribution in [0.15, 0.2) is 36.4 Å². The molecule has 0 radical (unpaired) electrons. The summed E-state index contributed by atoms with van der Waals surface area (Å²) >= 11 is 0. The van der Waals surface area contributed by atoms with Crippen LogP contribution < -0.4 is 4.74 Å². The van der Waals surface area contributed by atoms with Crippen LogP contribution in [-0.4, -0.2) is 18.4 Å². The maximum absolute atomic E-state index is 10.5. The number of benzene rings is 1. The molecule has 0 spiro atoms. The number of methoxy groups -OCH3 is 1. The van der Waals surface area contributed by atoms with Crippen molar-refractivity contribution in [1.29, 1.82) is 0 Å². The van der Waals surface area contributed by atoms with Gasteiger partial charge in [-0.3, -0.25) is 4.79 Å². The van der Waals surface area contributed by atoms with Crippen LogP contribution in [-0.2, 0) is 0 Å². The third kappa shape index (κ3) is 1.91. The Morgan fingerprint density at radius 3 is 2.80 bits per heavy atom. The van der Waals surface area contributed by atoms with Crippen molar-refractivity contribution in [2.45, 2.75) is 0 Å². The molecule has 3 nitrogen and oxygen atoms in total. The fraction of sp³-hybridized carbons (Fsp3) is 0.0833. The van der Waals surface area contributed by atoms with Crippen LogP contribution in [0.1, 0.15) is 10.5 Å². The summed E-state index contributed by atoms with van der Waals surface area (Å²) in [5, 5.41) is 0. The fourth-order valence-corrected chi connectivity index (χ4v) is 1.44. The van der Waals surface area contributed by atoms with Gasteiger partial charge in [-0.15, -0.1) is 0 Å². The molecule has 15 heavy (non-hydrogen) atoms. The molecule has 0 atom stereocenters. The lowest BCUT2D eigenvalue weighted by molar-refractivity contribution is 0.111. The molecule has 0 aliphatic carbocycles. The van der Waals surface area contributed by atoms with Gasteiger partial charge in [0.1, 0.15) is 5.75 Å². The topological polar surface area (TPSA) is 42.1 Å². The summed E-state index contributed by atoms with van der Waals surface area (Å²) in [6.45, 7) is 0. The van der Waals surface area contributed by atoms with E-state index >= 15 is 0 Å². The Labute approximate surface area is 87.7 Å². The van der Waals surface area contributed by atoms with E-state index in [0.29, 0.717) is 5.69 Å². The monoisotopic (exact) mass is 201 g/mol. The van der Waals surface area contributed by atoms with Gasteiger partial charge in [-0.25, -0.2) is 0 Å². The van der Waals surface area contributed by atoms with E-state index in [2.05, 4.69) is 4.98 Å². The zero-order chi connectivity index (χ0) is 10.7. The molecule has 0 fully saturated rings. The number of nitrogens with one attached hydrogen (secondary N) is 1. The second kappa shape index (κ2) is 4.00. The van der Waals surface area contributed by atoms with Gasteiger partial charge in [0, 0.05) is 11.3 Å². The van der Waals surface area contributed by atoms with Crippen molar-refractivity contribution < 1.29 is 9.53 Å². The van der Waals surface area contributed by atoms with Crippen molar-refractivity contribution in [2.75, 3.05) is 7.11 Å². The van der Waals surface area contributed by atoms with Crippen LogP contribution in [0.4, 0.5) is 0 Å². The number of H-pyrrole nitrogens is 1. The van der Waals surface area contributed by atoms with Crippen LogP contribution in [0, 0.1) is 0 Å². The number of hydrogen-bond acceptors (Lipinski definition) is 2. The van der Waals surface area contributed by atoms with E-state index in [-0.39, 0.29) is 0 Å². The summed E-state index contributed by atoms with van der Waals surface area (Å²) in [7, 11) is 1.63. The number of hydrogen-bond donors (Lipinski definition) is 1. The highest BCUT2D eigenvalue weighted by Crippen LogP contribution is 2.22. The summed E-state index contributed by atoms with van der Waals surface area (Å²) in [5.74, 6) is 0.801. The Morgan fingerprint density at radius 1 is 1.27 bits per heavy atom. The molecule has 3 heteroatoms. The lowest BCUT2D eigenvalue weighted by atomic mass is 10.1. The molecule has 2 rings (SSSR count). The van der Waals surface area contributed by atoms with E-state index in [1.54, 1.807) is 13.2 Å². The SMILES string of the molecule is COc1cccc(-c2ccc(C=O)[nH]2)c1. The van der Waals surface area contributed by atoms with E-state index in [4.69, 9.17) is 4.74 Å². The zero-order valence-electron chi connectivity index (χ0n) is 8.36. The van der Waals surface area contributed by atoms with E-state index in [1.807, 2.05) is 30.3 Å². The lowest BCUT2D eigenvalue weighted by Crippen LogP contribution is -1.84. The highest BCUT2D eigenvalue weighted by Gasteiger charge is 2.01. The highest BCUT2D eigenvalue weighted by atomic mass is 16.5. The molecule has 0 saturated carbocycles. The van der Waals surface area contributed by atoms with Crippen LogP contribution in [0.2, 0.25) is 0 Å². The minimum Gasteiger partial charge on any atom is -0.497 e. The van der Waals surface area contributed by atoms with Crippen molar-refractivity contribution in [1.82, 2.24) is 4.98 Å². The van der Waals surface area contributed by atoms with Crippen molar-refractivity contribution >= 4 is 6.29 Å². The molecule has 1 aromatic heterocycles. The molecule has 2 aromatic rings. The Hall–Kier alpha value is -2.03. The van der Waals surface area contributed by atoms with Gasteiger partial charge in [0.15, 0.2) is 6.29 Å². The predicted octanol–water partition coefficient (Wildman–Crippen LogP) is 2.50. The number of rotatable bonds is 3. The van der Waals surface area contributed by atoms with Crippen LogP contribution in [0.25, 0.3) is 11.3 Å². The third-order valence-corrected chi connectivity index (χ3v) is 2.22. The minimum absolute atomic E-state index is 0.577. The highest BCUT2D eigenvalue weighted by molar-refractivity contribution is 5.75. The maximum atomic E-state index is 10.5. The molecule has 1 N–H and O–H groups in total. The average Bonchev–Trinajstić information content (AvgIpc) is 2.78. The fourth-order valence-electron chi connectivity index (χ4n) is 1.44. The Bertz CT molecular complexity index is 474. The number of carbonyl (C=O) groups is 1. The minimum atomic E-state index is 0.577. The summed E-state index contributed by atoms with van der Waals surface area (Å²) in [4.78, 5) is 13.5. The molecular weight excluding hydrogens is 190 g/mol. The first-order valence-corrected chi connectivity index (χ1v) is 4.62. The average molecular weight is 201 g/mol. The first-order valence-electron chi connectivity index (χ1n) is 4.62. The first kappa shape index (κ1) is 9.52. The molecule has 1 heterocycles. The molecule has 0 bridgehead atoms. The molecule has 0 aliphatic rings. The van der Waals surface area contributed by atoms with Crippen molar-refractivity contribution in [3.63, 3.8) is 0 Å². The maximum Gasteiger partial charge on any atom is 0.166 e. The molecule has 0 unspecified atom stereocenters. The smallest absolute Gasteiger partial charge is 0.166 e. The van der Waals surface area contributed by atoms with Gasteiger partial charge in [-0.05, 0) is 24.3 Å². The Morgan fingerprint density at radius 2 is 2.13 bits per heavy atom. The van der Waals surface area contributed by atoms with Gasteiger partial charge >= 0.3 is 0 Å². The zero-order valence-corrected chi connectivity index (χ0v) is 8.36. The molecule has 0 aliphatic heterocycles. The third-order valence-electron chi connectivity index (χ3n) is 2.22. The molecule has 0 amide bonds. The van der Waals surface area contributed by atoms with E-state index in [9.17, 15) is 4.79 Å². The van der Waals surface area contributed by atoms with E-state index < -0.39 is 0 Å². The number of aldehydes is 1. The largest absolute Gasteiger partial charge is 0.497 e. The van der Waals surface area contributed by atoms with Gasteiger partial charge in [0.05, 0.1) is 12.8 Å².